The number of ether oxygens (including phenoxy) is 2. The predicted octanol–water partition coefficient (Wildman–Crippen LogP) is 0.939. The van der Waals surface area contributed by atoms with Gasteiger partial charge in [0.2, 0.25) is 0 Å². The topological polar surface area (TPSA) is 61.5 Å². The number of esters is 1. The van der Waals surface area contributed by atoms with Crippen LogP contribution in [0, 0.1) is 11.3 Å². The monoisotopic (exact) mass is 215 g/mol. The molecular formula is C11H21NO3. The minimum Gasteiger partial charge on any atom is -0.468 e. The molecule has 4 nitrogen and oxygen atoms in total. The van der Waals surface area contributed by atoms with E-state index in [0.29, 0.717) is 12.5 Å². The van der Waals surface area contributed by atoms with Crippen molar-refractivity contribution in [3.8, 4) is 0 Å². The molecule has 0 amide bonds. The Morgan fingerprint density at radius 3 is 2.73 bits per heavy atom. The largest absolute Gasteiger partial charge is 0.468 e. The zero-order valence-corrected chi connectivity index (χ0v) is 9.79. The van der Waals surface area contributed by atoms with Crippen molar-refractivity contribution in [1.29, 1.82) is 0 Å². The van der Waals surface area contributed by atoms with E-state index in [1.807, 2.05) is 13.8 Å². The van der Waals surface area contributed by atoms with Gasteiger partial charge in [-0.2, -0.15) is 0 Å². The summed E-state index contributed by atoms with van der Waals surface area (Å²) in [6.07, 6.45) is 2.11. The molecule has 4 heteroatoms. The number of nitrogens with two attached hydrogens (primary N) is 1. The Hall–Kier alpha value is -0.610. The molecule has 88 valence electrons. The van der Waals surface area contributed by atoms with Crippen LogP contribution in [0.15, 0.2) is 0 Å². The van der Waals surface area contributed by atoms with E-state index in [2.05, 4.69) is 4.74 Å². The minimum atomic E-state index is -0.575. The Balaban J connectivity index is 2.66. The SMILES string of the molecule is COC(=O)C(N)C(C)(C)C1CCCOC1. The van der Waals surface area contributed by atoms with E-state index in [1.165, 1.54) is 7.11 Å². The standard InChI is InChI=1S/C11H21NO3/c1-11(2,9(12)10(13)14-3)8-5-4-6-15-7-8/h8-9H,4-7,12H2,1-3H3. The van der Waals surface area contributed by atoms with Gasteiger partial charge in [-0.3, -0.25) is 4.79 Å². The van der Waals surface area contributed by atoms with Crippen molar-refractivity contribution in [2.45, 2.75) is 32.7 Å². The van der Waals surface area contributed by atoms with E-state index in [-0.39, 0.29) is 11.4 Å². The third-order valence-corrected chi connectivity index (χ3v) is 3.47. The predicted molar refractivity (Wildman–Crippen MR) is 57.3 cm³/mol. The Kier molecular flexibility index (Phi) is 4.11. The average Bonchev–Trinajstić information content (AvgIpc) is 2.28. The fourth-order valence-electron chi connectivity index (χ4n) is 2.01. The fourth-order valence-corrected chi connectivity index (χ4v) is 2.01. The highest BCUT2D eigenvalue weighted by Gasteiger charge is 2.40. The summed E-state index contributed by atoms with van der Waals surface area (Å²) in [7, 11) is 1.37. The van der Waals surface area contributed by atoms with Crippen LogP contribution < -0.4 is 5.73 Å². The van der Waals surface area contributed by atoms with Crippen LogP contribution in [0.2, 0.25) is 0 Å². The summed E-state index contributed by atoms with van der Waals surface area (Å²) in [5.74, 6) is -0.00840. The second-order valence-electron chi connectivity index (χ2n) is 4.74. The van der Waals surface area contributed by atoms with Gasteiger partial charge in [0.25, 0.3) is 0 Å². The van der Waals surface area contributed by atoms with Crippen molar-refractivity contribution in [3.63, 3.8) is 0 Å². The zero-order chi connectivity index (χ0) is 11.5. The molecule has 15 heavy (non-hydrogen) atoms. The van der Waals surface area contributed by atoms with Crippen LogP contribution in [-0.4, -0.2) is 32.3 Å². The normalized spacial score (nSPS) is 24.7. The van der Waals surface area contributed by atoms with Gasteiger partial charge < -0.3 is 15.2 Å². The molecule has 1 heterocycles. The van der Waals surface area contributed by atoms with Gasteiger partial charge in [0.15, 0.2) is 0 Å². The molecule has 0 aromatic heterocycles. The molecule has 1 aliphatic heterocycles. The van der Waals surface area contributed by atoms with Crippen LogP contribution in [-0.2, 0) is 14.3 Å². The van der Waals surface area contributed by atoms with Crippen LogP contribution >= 0.6 is 0 Å². The van der Waals surface area contributed by atoms with Gasteiger partial charge in [0.1, 0.15) is 6.04 Å². The summed E-state index contributed by atoms with van der Waals surface area (Å²) < 4.78 is 10.1. The van der Waals surface area contributed by atoms with Crippen molar-refractivity contribution < 1.29 is 14.3 Å². The molecule has 1 rings (SSSR count). The summed E-state index contributed by atoms with van der Waals surface area (Å²) in [6.45, 7) is 5.53. The molecule has 0 spiro atoms. The van der Waals surface area contributed by atoms with Crippen molar-refractivity contribution in [1.82, 2.24) is 0 Å². The molecular weight excluding hydrogens is 194 g/mol. The molecule has 2 unspecified atom stereocenters. The molecule has 0 aromatic rings. The number of rotatable bonds is 3. The van der Waals surface area contributed by atoms with E-state index < -0.39 is 6.04 Å². The van der Waals surface area contributed by atoms with Crippen LogP contribution in [0.5, 0.6) is 0 Å². The van der Waals surface area contributed by atoms with E-state index in [9.17, 15) is 4.79 Å². The zero-order valence-electron chi connectivity index (χ0n) is 9.79. The quantitative estimate of drug-likeness (QED) is 0.712. The number of methoxy groups -OCH3 is 1. The molecule has 2 N–H and O–H groups in total. The highest BCUT2D eigenvalue weighted by molar-refractivity contribution is 5.76. The lowest BCUT2D eigenvalue weighted by Crippen LogP contribution is -2.50. The summed E-state index contributed by atoms with van der Waals surface area (Å²) in [6, 6.07) is -0.575. The first-order chi connectivity index (χ1) is 7.00. The van der Waals surface area contributed by atoms with Gasteiger partial charge in [0, 0.05) is 13.2 Å². The first kappa shape index (κ1) is 12.5. The van der Waals surface area contributed by atoms with Crippen molar-refractivity contribution in [2.24, 2.45) is 17.1 Å². The van der Waals surface area contributed by atoms with Crippen LogP contribution in [0.1, 0.15) is 26.7 Å². The summed E-state index contributed by atoms with van der Waals surface area (Å²) in [4.78, 5) is 11.4. The number of hydrogen-bond donors (Lipinski definition) is 1. The average molecular weight is 215 g/mol. The summed E-state index contributed by atoms with van der Waals surface area (Å²) in [5, 5.41) is 0. The van der Waals surface area contributed by atoms with Crippen LogP contribution in [0.25, 0.3) is 0 Å². The number of hydrogen-bond acceptors (Lipinski definition) is 4. The lowest BCUT2D eigenvalue weighted by Gasteiger charge is -2.39. The van der Waals surface area contributed by atoms with Crippen LogP contribution in [0.4, 0.5) is 0 Å². The van der Waals surface area contributed by atoms with E-state index in [1.54, 1.807) is 0 Å². The summed E-state index contributed by atoms with van der Waals surface area (Å²) in [5.41, 5.74) is 5.64. The Morgan fingerprint density at radius 1 is 1.60 bits per heavy atom. The summed E-state index contributed by atoms with van der Waals surface area (Å²) >= 11 is 0. The molecule has 1 fully saturated rings. The smallest absolute Gasteiger partial charge is 0.323 e. The molecule has 0 aromatic carbocycles. The minimum absolute atomic E-state index is 0.270. The van der Waals surface area contributed by atoms with Gasteiger partial charge in [-0.15, -0.1) is 0 Å². The second-order valence-corrected chi connectivity index (χ2v) is 4.74. The highest BCUT2D eigenvalue weighted by Crippen LogP contribution is 2.35. The number of carbonyl (C=O) groups is 1. The van der Waals surface area contributed by atoms with Crippen molar-refractivity contribution >= 4 is 5.97 Å². The van der Waals surface area contributed by atoms with E-state index in [0.717, 1.165) is 19.4 Å². The lowest BCUT2D eigenvalue weighted by atomic mass is 9.71. The fraction of sp³-hybridized carbons (Fsp3) is 0.909. The van der Waals surface area contributed by atoms with Gasteiger partial charge in [-0.25, -0.2) is 0 Å². The van der Waals surface area contributed by atoms with Gasteiger partial charge in [-0.1, -0.05) is 13.8 Å². The van der Waals surface area contributed by atoms with Crippen LogP contribution in [0.3, 0.4) is 0 Å². The Labute approximate surface area is 91.1 Å². The molecule has 1 saturated heterocycles. The van der Waals surface area contributed by atoms with E-state index >= 15 is 0 Å². The first-order valence-electron chi connectivity index (χ1n) is 5.41. The maximum atomic E-state index is 11.4. The third kappa shape index (κ3) is 2.69. The second kappa shape index (κ2) is 4.94. The lowest BCUT2D eigenvalue weighted by molar-refractivity contribution is -0.147. The third-order valence-electron chi connectivity index (χ3n) is 3.47. The highest BCUT2D eigenvalue weighted by atomic mass is 16.5. The van der Waals surface area contributed by atoms with Gasteiger partial charge >= 0.3 is 5.97 Å². The van der Waals surface area contributed by atoms with Gasteiger partial charge in [0.05, 0.1) is 7.11 Å². The Morgan fingerprint density at radius 2 is 2.27 bits per heavy atom. The molecule has 0 aliphatic carbocycles. The van der Waals surface area contributed by atoms with Crippen molar-refractivity contribution in [3.05, 3.63) is 0 Å². The van der Waals surface area contributed by atoms with E-state index in [4.69, 9.17) is 10.5 Å². The molecule has 2 atom stereocenters. The first-order valence-corrected chi connectivity index (χ1v) is 5.41. The number of carbonyl (C=O) groups excluding carboxylic acids is 1. The molecule has 0 bridgehead atoms. The van der Waals surface area contributed by atoms with Gasteiger partial charge in [-0.05, 0) is 24.2 Å². The molecule has 0 saturated carbocycles. The molecule has 1 aliphatic rings. The maximum absolute atomic E-state index is 11.4. The Bertz CT molecular complexity index is 222. The molecule has 0 radical (unpaired) electrons. The van der Waals surface area contributed by atoms with Crippen molar-refractivity contribution in [2.75, 3.05) is 20.3 Å². The maximum Gasteiger partial charge on any atom is 0.323 e.